The summed E-state index contributed by atoms with van der Waals surface area (Å²) in [6.45, 7) is 0. The van der Waals surface area contributed by atoms with Gasteiger partial charge in [-0.2, -0.15) is 0 Å². The first kappa shape index (κ1) is 17.6. The van der Waals surface area contributed by atoms with Crippen LogP contribution >= 0.6 is 15.9 Å². The minimum absolute atomic E-state index is 0.0381. The summed E-state index contributed by atoms with van der Waals surface area (Å²) in [4.78, 5) is 4.46. The van der Waals surface area contributed by atoms with E-state index in [0.717, 1.165) is 21.6 Å². The number of fused-ring (bicyclic) bond motifs is 1. The molecule has 2 aromatic carbocycles. The number of anilines is 1. The summed E-state index contributed by atoms with van der Waals surface area (Å²) >= 11 is 3.61. The van der Waals surface area contributed by atoms with Crippen molar-refractivity contribution in [2.24, 2.45) is 7.05 Å². The molecule has 4 nitrogen and oxygen atoms in total. The summed E-state index contributed by atoms with van der Waals surface area (Å²) in [6.07, 6.45) is 3.98. The third-order valence-corrected chi connectivity index (χ3v) is 5.19. The van der Waals surface area contributed by atoms with Crippen molar-refractivity contribution in [1.82, 2.24) is 9.55 Å². The Morgan fingerprint density at radius 1 is 1.07 bits per heavy atom. The van der Waals surface area contributed by atoms with Crippen LogP contribution in [0, 0.1) is 0 Å². The van der Waals surface area contributed by atoms with Crippen molar-refractivity contribution in [3.63, 3.8) is 0 Å². The predicted molar refractivity (Wildman–Crippen MR) is 113 cm³/mol. The molecule has 1 N–H and O–H groups in total. The van der Waals surface area contributed by atoms with Crippen LogP contribution in [0.1, 0.15) is 17.2 Å². The van der Waals surface area contributed by atoms with Crippen LogP contribution < -0.4 is 10.1 Å². The van der Waals surface area contributed by atoms with Gasteiger partial charge in [0.1, 0.15) is 11.6 Å². The van der Waals surface area contributed by atoms with Gasteiger partial charge in [0, 0.05) is 40.4 Å². The molecule has 0 aliphatic carbocycles. The lowest BCUT2D eigenvalue weighted by atomic mass is 9.98. The van der Waals surface area contributed by atoms with E-state index in [4.69, 9.17) is 4.74 Å². The Morgan fingerprint density at radius 2 is 1.89 bits per heavy atom. The van der Waals surface area contributed by atoms with Crippen LogP contribution in [0.4, 0.5) is 5.82 Å². The summed E-state index contributed by atoms with van der Waals surface area (Å²) in [6, 6.07) is 20.4. The normalized spacial score (nSPS) is 12.1. The van der Waals surface area contributed by atoms with Gasteiger partial charge in [-0.1, -0.05) is 34.1 Å². The summed E-state index contributed by atoms with van der Waals surface area (Å²) in [5.41, 5.74) is 3.54. The maximum absolute atomic E-state index is 5.32. The standard InChI is InChI=1S/C22H20BrN3O/c1-26-14-19(18-13-16(23)8-11-20(18)26)22(25-21-5-3-4-12-24-21)15-6-9-17(27-2)10-7-15/h3-14,22H,1-2H3,(H,24,25). The fourth-order valence-electron chi connectivity index (χ4n) is 3.36. The number of rotatable bonds is 5. The molecule has 2 aromatic heterocycles. The molecule has 2 heterocycles. The quantitative estimate of drug-likeness (QED) is 0.459. The molecule has 27 heavy (non-hydrogen) atoms. The summed E-state index contributed by atoms with van der Waals surface area (Å²) in [5, 5.41) is 4.80. The summed E-state index contributed by atoms with van der Waals surface area (Å²) in [7, 11) is 3.76. The lowest BCUT2D eigenvalue weighted by Gasteiger charge is -2.20. The lowest BCUT2D eigenvalue weighted by molar-refractivity contribution is 0.414. The molecule has 4 aromatic rings. The second-order valence-electron chi connectivity index (χ2n) is 6.42. The lowest BCUT2D eigenvalue weighted by Crippen LogP contribution is -2.13. The number of hydrogen-bond donors (Lipinski definition) is 1. The maximum Gasteiger partial charge on any atom is 0.126 e. The smallest absolute Gasteiger partial charge is 0.126 e. The molecule has 0 saturated heterocycles. The number of benzene rings is 2. The minimum atomic E-state index is -0.0381. The highest BCUT2D eigenvalue weighted by molar-refractivity contribution is 9.10. The van der Waals surface area contributed by atoms with E-state index < -0.39 is 0 Å². The number of pyridine rings is 1. The fourth-order valence-corrected chi connectivity index (χ4v) is 3.72. The van der Waals surface area contributed by atoms with Gasteiger partial charge in [-0.25, -0.2) is 4.98 Å². The molecule has 0 amide bonds. The highest BCUT2D eigenvalue weighted by atomic mass is 79.9. The van der Waals surface area contributed by atoms with Crippen LogP contribution in [-0.4, -0.2) is 16.7 Å². The Labute approximate surface area is 166 Å². The number of ether oxygens (including phenoxy) is 1. The first-order valence-electron chi connectivity index (χ1n) is 8.71. The molecule has 1 atom stereocenters. The molecule has 0 bridgehead atoms. The zero-order chi connectivity index (χ0) is 18.8. The highest BCUT2D eigenvalue weighted by Crippen LogP contribution is 2.34. The average molecular weight is 422 g/mol. The van der Waals surface area contributed by atoms with Gasteiger partial charge >= 0.3 is 0 Å². The van der Waals surface area contributed by atoms with Crippen molar-refractivity contribution in [3.05, 3.63) is 88.7 Å². The zero-order valence-corrected chi connectivity index (χ0v) is 16.8. The van der Waals surface area contributed by atoms with E-state index in [0.29, 0.717) is 0 Å². The Kier molecular flexibility index (Phi) is 4.86. The minimum Gasteiger partial charge on any atom is -0.497 e. The van der Waals surface area contributed by atoms with E-state index in [-0.39, 0.29) is 6.04 Å². The largest absolute Gasteiger partial charge is 0.497 e. The Balaban J connectivity index is 1.85. The number of aryl methyl sites for hydroxylation is 1. The van der Waals surface area contributed by atoms with E-state index >= 15 is 0 Å². The summed E-state index contributed by atoms with van der Waals surface area (Å²) < 4.78 is 8.54. The second-order valence-corrected chi connectivity index (χ2v) is 7.34. The number of hydrogen-bond acceptors (Lipinski definition) is 3. The van der Waals surface area contributed by atoms with E-state index in [1.165, 1.54) is 16.5 Å². The van der Waals surface area contributed by atoms with E-state index in [1.54, 1.807) is 13.3 Å². The van der Waals surface area contributed by atoms with Gasteiger partial charge in [0.05, 0.1) is 13.2 Å². The van der Waals surface area contributed by atoms with Crippen LogP contribution in [0.3, 0.4) is 0 Å². The molecule has 0 spiro atoms. The van der Waals surface area contributed by atoms with Gasteiger partial charge in [0.25, 0.3) is 0 Å². The fraction of sp³-hybridized carbons (Fsp3) is 0.136. The summed E-state index contributed by atoms with van der Waals surface area (Å²) in [5.74, 6) is 1.68. The third-order valence-electron chi connectivity index (χ3n) is 4.70. The number of nitrogens with one attached hydrogen (secondary N) is 1. The van der Waals surface area contributed by atoms with Crippen LogP contribution in [0.15, 0.2) is 77.5 Å². The number of nitrogens with zero attached hydrogens (tertiary/aromatic N) is 2. The van der Waals surface area contributed by atoms with Crippen LogP contribution in [-0.2, 0) is 7.05 Å². The Morgan fingerprint density at radius 3 is 2.59 bits per heavy atom. The first-order valence-corrected chi connectivity index (χ1v) is 9.51. The maximum atomic E-state index is 5.32. The average Bonchev–Trinajstić information content (AvgIpc) is 3.02. The monoisotopic (exact) mass is 421 g/mol. The van der Waals surface area contributed by atoms with Crippen molar-refractivity contribution in [1.29, 1.82) is 0 Å². The molecule has 0 saturated carbocycles. The molecule has 136 valence electrons. The Hall–Kier alpha value is -2.79. The molecule has 0 fully saturated rings. The SMILES string of the molecule is COc1ccc(C(Nc2ccccn2)c2cn(C)c3ccc(Br)cc23)cc1. The predicted octanol–water partition coefficient (Wildman–Crippen LogP) is 5.55. The molecule has 1 unspecified atom stereocenters. The van der Waals surface area contributed by atoms with Gasteiger partial charge in [-0.15, -0.1) is 0 Å². The van der Waals surface area contributed by atoms with Crippen molar-refractivity contribution >= 4 is 32.7 Å². The number of methoxy groups -OCH3 is 1. The van der Waals surface area contributed by atoms with Gasteiger partial charge in [-0.3, -0.25) is 0 Å². The molecule has 5 heteroatoms. The van der Waals surface area contributed by atoms with E-state index in [1.807, 2.05) is 30.3 Å². The molecule has 4 rings (SSSR count). The van der Waals surface area contributed by atoms with Gasteiger partial charge in [-0.05, 0) is 48.0 Å². The zero-order valence-electron chi connectivity index (χ0n) is 15.2. The number of aromatic nitrogens is 2. The molecule has 0 aliphatic rings. The molecule has 0 aliphatic heterocycles. The highest BCUT2D eigenvalue weighted by Gasteiger charge is 2.20. The molecular weight excluding hydrogens is 402 g/mol. The van der Waals surface area contributed by atoms with Crippen molar-refractivity contribution in [2.45, 2.75) is 6.04 Å². The van der Waals surface area contributed by atoms with Crippen molar-refractivity contribution < 1.29 is 4.74 Å². The van der Waals surface area contributed by atoms with Crippen LogP contribution in [0.2, 0.25) is 0 Å². The first-order chi connectivity index (χ1) is 13.2. The second kappa shape index (κ2) is 7.45. The van der Waals surface area contributed by atoms with Crippen molar-refractivity contribution in [3.8, 4) is 5.75 Å². The van der Waals surface area contributed by atoms with Gasteiger partial charge in [0.2, 0.25) is 0 Å². The van der Waals surface area contributed by atoms with E-state index in [9.17, 15) is 0 Å². The van der Waals surface area contributed by atoms with Crippen LogP contribution in [0.5, 0.6) is 5.75 Å². The van der Waals surface area contributed by atoms with Crippen molar-refractivity contribution in [2.75, 3.05) is 12.4 Å². The Bertz CT molecular complexity index is 1060. The van der Waals surface area contributed by atoms with Gasteiger partial charge in [0.15, 0.2) is 0 Å². The molecular formula is C22H20BrN3O. The topological polar surface area (TPSA) is 39.1 Å². The van der Waals surface area contributed by atoms with E-state index in [2.05, 4.69) is 74.4 Å². The van der Waals surface area contributed by atoms with Crippen LogP contribution in [0.25, 0.3) is 10.9 Å². The number of halogens is 1. The molecule has 0 radical (unpaired) electrons. The third kappa shape index (κ3) is 3.55. The van der Waals surface area contributed by atoms with Gasteiger partial charge < -0.3 is 14.6 Å².